The van der Waals surface area contributed by atoms with Crippen LogP contribution in [-0.4, -0.2) is 25.4 Å². The Kier molecular flexibility index (Phi) is 3.48. The van der Waals surface area contributed by atoms with Gasteiger partial charge in [-0.25, -0.2) is 0 Å². The minimum Gasteiger partial charge on any atom is -0.446 e. The zero-order valence-electron chi connectivity index (χ0n) is 8.97. The smallest absolute Gasteiger partial charge is 0.312 e. The van der Waals surface area contributed by atoms with Gasteiger partial charge in [0, 0.05) is 5.92 Å². The molecule has 1 aliphatic heterocycles. The van der Waals surface area contributed by atoms with Crippen LogP contribution in [0.15, 0.2) is 0 Å². The summed E-state index contributed by atoms with van der Waals surface area (Å²) in [4.78, 5) is 11.5. The second-order valence-electron chi connectivity index (χ2n) is 4.73. The minimum atomic E-state index is -0.523. The lowest BCUT2D eigenvalue weighted by Gasteiger charge is -2.23. The summed E-state index contributed by atoms with van der Waals surface area (Å²) in [5, 5.41) is 2.98. The lowest BCUT2D eigenvalue weighted by Crippen LogP contribution is -2.37. The van der Waals surface area contributed by atoms with Gasteiger partial charge in [0.1, 0.15) is 0 Å². The molecule has 1 fully saturated rings. The number of rotatable bonds is 2. The van der Waals surface area contributed by atoms with Crippen LogP contribution < -0.4 is 5.32 Å². The monoisotopic (exact) mass is 203 g/mol. The molecule has 0 bridgehead atoms. The van der Waals surface area contributed by atoms with E-state index in [1.807, 2.05) is 0 Å². The third kappa shape index (κ3) is 2.67. The van der Waals surface area contributed by atoms with Crippen molar-refractivity contribution in [2.45, 2.75) is 33.4 Å². The van der Waals surface area contributed by atoms with Crippen LogP contribution in [0.1, 0.15) is 27.2 Å². The van der Waals surface area contributed by atoms with Gasteiger partial charge in [-0.2, -0.15) is 0 Å². The van der Waals surface area contributed by atoms with Crippen molar-refractivity contribution >= 4 is 5.97 Å². The summed E-state index contributed by atoms with van der Waals surface area (Å²) in [6.45, 7) is 5.64. The number of hydrogen-bond donors (Lipinski definition) is 1. The summed E-state index contributed by atoms with van der Waals surface area (Å²) in [6.07, 6.45) is 0.296. The highest BCUT2D eigenvalue weighted by atomic mass is 19.1. The Morgan fingerprint density at radius 1 is 1.57 bits per heavy atom. The molecule has 4 heteroatoms. The van der Waals surface area contributed by atoms with Crippen molar-refractivity contribution in [2.24, 2.45) is 11.3 Å². The van der Waals surface area contributed by atoms with Gasteiger partial charge in [-0.05, 0) is 33.7 Å². The van der Waals surface area contributed by atoms with Crippen molar-refractivity contribution in [3.8, 4) is 0 Å². The number of carbonyl (C=O) groups excluding carboxylic acids is 1. The van der Waals surface area contributed by atoms with Gasteiger partial charge in [0.15, 0.2) is 6.23 Å². The van der Waals surface area contributed by atoms with Crippen LogP contribution in [0.2, 0.25) is 0 Å². The number of carbonyl (C=O) groups is 1. The zero-order valence-corrected chi connectivity index (χ0v) is 8.97. The standard InChI is InChI=1S/C10H18FNO2/c1-10(2,3)9(13)14-8-7(6-11)4-5-12-8/h7-8,12H,4-6H2,1-3H3/t7-,8?/m1/s1. The van der Waals surface area contributed by atoms with E-state index in [0.29, 0.717) is 0 Å². The maximum absolute atomic E-state index is 12.5. The summed E-state index contributed by atoms with van der Waals surface area (Å²) in [5.41, 5.74) is -0.523. The van der Waals surface area contributed by atoms with Gasteiger partial charge in [0.05, 0.1) is 12.1 Å². The predicted octanol–water partition coefficient (Wildman–Crippen LogP) is 1.48. The van der Waals surface area contributed by atoms with E-state index >= 15 is 0 Å². The highest BCUT2D eigenvalue weighted by Crippen LogP contribution is 2.22. The molecule has 1 unspecified atom stereocenters. The summed E-state index contributed by atoms with van der Waals surface area (Å²) >= 11 is 0. The Morgan fingerprint density at radius 3 is 2.71 bits per heavy atom. The van der Waals surface area contributed by atoms with Crippen LogP contribution in [0, 0.1) is 11.3 Å². The van der Waals surface area contributed by atoms with Crippen LogP contribution >= 0.6 is 0 Å². The van der Waals surface area contributed by atoms with Crippen molar-refractivity contribution in [1.29, 1.82) is 0 Å². The lowest BCUT2D eigenvalue weighted by molar-refractivity contribution is -0.161. The quantitative estimate of drug-likeness (QED) is 0.691. The first kappa shape index (κ1) is 11.4. The molecule has 0 spiro atoms. The van der Waals surface area contributed by atoms with Crippen molar-refractivity contribution in [3.05, 3.63) is 0 Å². The molecular formula is C10H18FNO2. The van der Waals surface area contributed by atoms with Crippen LogP contribution in [0.5, 0.6) is 0 Å². The van der Waals surface area contributed by atoms with Crippen molar-refractivity contribution in [1.82, 2.24) is 5.32 Å². The van der Waals surface area contributed by atoms with E-state index in [4.69, 9.17) is 4.74 Å². The molecule has 1 rings (SSSR count). The fourth-order valence-corrected chi connectivity index (χ4v) is 1.32. The third-order valence-corrected chi connectivity index (χ3v) is 2.33. The van der Waals surface area contributed by atoms with Gasteiger partial charge >= 0.3 is 5.97 Å². The van der Waals surface area contributed by atoms with Gasteiger partial charge < -0.3 is 4.74 Å². The number of alkyl halides is 1. The molecule has 2 atom stereocenters. The van der Waals surface area contributed by atoms with Crippen molar-refractivity contribution in [3.63, 3.8) is 0 Å². The Balaban J connectivity index is 2.48. The van der Waals surface area contributed by atoms with Crippen LogP contribution in [0.3, 0.4) is 0 Å². The summed E-state index contributed by atoms with van der Waals surface area (Å²) in [6, 6.07) is 0. The maximum atomic E-state index is 12.5. The number of esters is 1. The first-order chi connectivity index (χ1) is 6.45. The fourth-order valence-electron chi connectivity index (χ4n) is 1.32. The number of halogens is 1. The number of nitrogens with one attached hydrogen (secondary N) is 1. The van der Waals surface area contributed by atoms with Crippen LogP contribution in [-0.2, 0) is 9.53 Å². The number of hydrogen-bond acceptors (Lipinski definition) is 3. The van der Waals surface area contributed by atoms with Gasteiger partial charge in [0.25, 0.3) is 0 Å². The molecular weight excluding hydrogens is 185 g/mol. The van der Waals surface area contributed by atoms with E-state index in [-0.39, 0.29) is 11.9 Å². The average molecular weight is 203 g/mol. The first-order valence-corrected chi connectivity index (χ1v) is 4.95. The van der Waals surface area contributed by atoms with Crippen molar-refractivity contribution in [2.75, 3.05) is 13.2 Å². The van der Waals surface area contributed by atoms with Crippen LogP contribution in [0.4, 0.5) is 4.39 Å². The van der Waals surface area contributed by atoms with E-state index in [0.717, 1.165) is 13.0 Å². The molecule has 0 aromatic carbocycles. The van der Waals surface area contributed by atoms with E-state index in [2.05, 4.69) is 5.32 Å². The maximum Gasteiger partial charge on any atom is 0.312 e. The third-order valence-electron chi connectivity index (χ3n) is 2.33. The molecule has 0 aromatic rings. The molecule has 1 heterocycles. The molecule has 1 saturated heterocycles. The predicted molar refractivity (Wildman–Crippen MR) is 51.4 cm³/mol. The highest BCUT2D eigenvalue weighted by molar-refractivity contribution is 5.75. The van der Waals surface area contributed by atoms with Gasteiger partial charge in [-0.3, -0.25) is 14.5 Å². The normalized spacial score (nSPS) is 27.7. The zero-order chi connectivity index (χ0) is 10.8. The lowest BCUT2D eigenvalue weighted by atomic mass is 9.97. The molecule has 0 radical (unpaired) electrons. The Labute approximate surface area is 84.0 Å². The number of ether oxygens (including phenoxy) is 1. The summed E-state index contributed by atoms with van der Waals surface area (Å²) in [7, 11) is 0. The fraction of sp³-hybridized carbons (Fsp3) is 0.900. The molecule has 1 N–H and O–H groups in total. The molecule has 0 amide bonds. The van der Waals surface area contributed by atoms with Gasteiger partial charge in [-0.1, -0.05) is 0 Å². The van der Waals surface area contributed by atoms with E-state index in [1.165, 1.54) is 0 Å². The molecule has 1 aliphatic rings. The minimum absolute atomic E-state index is 0.179. The van der Waals surface area contributed by atoms with E-state index in [9.17, 15) is 9.18 Å². The van der Waals surface area contributed by atoms with E-state index < -0.39 is 18.3 Å². The molecule has 0 aliphatic carbocycles. The van der Waals surface area contributed by atoms with Crippen LogP contribution in [0.25, 0.3) is 0 Å². The largest absolute Gasteiger partial charge is 0.446 e. The molecule has 14 heavy (non-hydrogen) atoms. The Hall–Kier alpha value is -0.640. The topological polar surface area (TPSA) is 38.3 Å². The first-order valence-electron chi connectivity index (χ1n) is 4.95. The SMILES string of the molecule is CC(C)(C)C(=O)OC1NCC[C@@H]1CF. The summed E-state index contributed by atoms with van der Waals surface area (Å²) in [5.74, 6) is -0.461. The highest BCUT2D eigenvalue weighted by Gasteiger charge is 2.33. The van der Waals surface area contributed by atoms with Crippen molar-refractivity contribution < 1.29 is 13.9 Å². The molecule has 0 aromatic heterocycles. The van der Waals surface area contributed by atoms with E-state index in [1.54, 1.807) is 20.8 Å². The average Bonchev–Trinajstić information content (AvgIpc) is 2.50. The van der Waals surface area contributed by atoms with Gasteiger partial charge in [-0.15, -0.1) is 0 Å². The molecule has 0 saturated carbocycles. The Bertz CT molecular complexity index is 213. The second kappa shape index (κ2) is 4.26. The Morgan fingerprint density at radius 2 is 2.21 bits per heavy atom. The summed E-state index contributed by atoms with van der Waals surface area (Å²) < 4.78 is 17.7. The second-order valence-corrected chi connectivity index (χ2v) is 4.73. The molecule has 3 nitrogen and oxygen atoms in total. The molecule has 82 valence electrons. The van der Waals surface area contributed by atoms with Gasteiger partial charge in [0.2, 0.25) is 0 Å².